The van der Waals surface area contributed by atoms with Crippen molar-refractivity contribution >= 4 is 11.9 Å². The number of alkyl halides is 3. The Hall–Kier alpha value is -3.04. The molecule has 0 aliphatic carbocycles. The largest absolute Gasteiger partial charge is 0.416 e. The van der Waals surface area contributed by atoms with Crippen LogP contribution in [0.2, 0.25) is 0 Å². The number of halogens is 3. The summed E-state index contributed by atoms with van der Waals surface area (Å²) >= 11 is 0. The maximum absolute atomic E-state index is 13.2. The first-order chi connectivity index (χ1) is 13.4. The van der Waals surface area contributed by atoms with E-state index in [1.165, 1.54) is 17.0 Å². The summed E-state index contributed by atoms with van der Waals surface area (Å²) < 4.78 is 41.1. The summed E-state index contributed by atoms with van der Waals surface area (Å²) in [5.74, 6) is -0.475. The average molecular weight is 409 g/mol. The molecule has 3 N–H and O–H groups in total. The zero-order valence-corrected chi connectivity index (χ0v) is 16.3. The molecule has 0 radical (unpaired) electrons. The van der Waals surface area contributed by atoms with Gasteiger partial charge in [-0.1, -0.05) is 12.1 Å². The van der Waals surface area contributed by atoms with E-state index < -0.39 is 29.2 Å². The van der Waals surface area contributed by atoms with Gasteiger partial charge >= 0.3 is 12.2 Å². The third-order valence-corrected chi connectivity index (χ3v) is 4.47. The normalized spacial score (nSPS) is 14.5. The van der Waals surface area contributed by atoms with Crippen LogP contribution in [0.4, 0.5) is 18.0 Å². The number of rotatable bonds is 2. The van der Waals surface area contributed by atoms with Crippen molar-refractivity contribution in [3.63, 3.8) is 0 Å². The first-order valence-corrected chi connectivity index (χ1v) is 9.01. The third kappa shape index (κ3) is 4.36. The molecule has 0 saturated heterocycles. The molecule has 1 aliphatic rings. The zero-order valence-electron chi connectivity index (χ0n) is 16.3. The Morgan fingerprint density at radius 1 is 1.17 bits per heavy atom. The van der Waals surface area contributed by atoms with Crippen molar-refractivity contribution in [3.8, 4) is 11.3 Å². The van der Waals surface area contributed by atoms with E-state index in [4.69, 9.17) is 5.73 Å². The molecule has 7 nitrogen and oxygen atoms in total. The van der Waals surface area contributed by atoms with E-state index in [0.717, 1.165) is 12.1 Å². The fraction of sp³-hybridized carbons (Fsp3) is 0.421. The van der Waals surface area contributed by atoms with E-state index in [9.17, 15) is 22.8 Å². The summed E-state index contributed by atoms with van der Waals surface area (Å²) in [5, 5.41) is 7.22. The van der Waals surface area contributed by atoms with Crippen molar-refractivity contribution in [2.75, 3.05) is 6.54 Å². The maximum atomic E-state index is 13.2. The van der Waals surface area contributed by atoms with Crippen molar-refractivity contribution in [1.82, 2.24) is 20.0 Å². The van der Waals surface area contributed by atoms with E-state index in [2.05, 4.69) is 10.4 Å². The van der Waals surface area contributed by atoms with E-state index in [-0.39, 0.29) is 29.9 Å². The first kappa shape index (κ1) is 20.7. The Kier molecular flexibility index (Phi) is 5.06. The van der Waals surface area contributed by atoms with Gasteiger partial charge in [0.1, 0.15) is 5.69 Å². The lowest BCUT2D eigenvalue weighted by Crippen LogP contribution is -2.44. The second-order valence-corrected chi connectivity index (χ2v) is 7.94. The van der Waals surface area contributed by atoms with Crippen LogP contribution in [-0.2, 0) is 19.3 Å². The number of hydrogen-bond acceptors (Lipinski definition) is 3. The Bertz CT molecular complexity index is 960. The fourth-order valence-corrected chi connectivity index (χ4v) is 3.19. The number of hydrogen-bond donors (Lipinski definition) is 2. The molecule has 1 aliphatic heterocycles. The van der Waals surface area contributed by atoms with Gasteiger partial charge in [-0.25, -0.2) is 4.79 Å². The highest BCUT2D eigenvalue weighted by Crippen LogP contribution is 2.34. The summed E-state index contributed by atoms with van der Waals surface area (Å²) in [5.41, 5.74) is 4.85. The van der Waals surface area contributed by atoms with Gasteiger partial charge in [0.05, 0.1) is 29.9 Å². The molecule has 0 bridgehead atoms. The highest BCUT2D eigenvalue weighted by Gasteiger charge is 2.34. The van der Waals surface area contributed by atoms with Crippen LogP contribution in [-0.4, -0.2) is 38.7 Å². The zero-order chi connectivity index (χ0) is 21.6. The molecular formula is C19H22F3N5O2. The van der Waals surface area contributed by atoms with Crippen LogP contribution in [0.15, 0.2) is 24.3 Å². The molecule has 10 heteroatoms. The van der Waals surface area contributed by atoms with E-state index in [1.54, 1.807) is 25.5 Å². The molecule has 2 heterocycles. The molecule has 0 atom stereocenters. The number of urea groups is 1. The van der Waals surface area contributed by atoms with Crippen LogP contribution in [0, 0.1) is 0 Å². The van der Waals surface area contributed by atoms with Crippen molar-refractivity contribution in [1.29, 1.82) is 0 Å². The van der Waals surface area contributed by atoms with Gasteiger partial charge in [0, 0.05) is 17.6 Å². The number of fused-ring (bicyclic) bond motifs is 1. The van der Waals surface area contributed by atoms with E-state index in [0.29, 0.717) is 12.2 Å². The quantitative estimate of drug-likeness (QED) is 0.799. The lowest BCUT2D eigenvalue weighted by atomic mass is 10.0. The molecule has 3 rings (SSSR count). The van der Waals surface area contributed by atoms with Crippen LogP contribution in [0.25, 0.3) is 11.3 Å². The molecule has 0 fully saturated rings. The molecule has 156 valence electrons. The number of nitrogens with two attached hydrogens (primary N) is 1. The SMILES string of the molecule is CC(C)(C)NC(=O)c1c(-c2cccc(C(F)(F)F)c2)nn2c1CN(C(N)=O)CC2. The number of benzene rings is 1. The maximum Gasteiger partial charge on any atom is 0.416 e. The number of aromatic nitrogens is 2. The standard InChI is InChI=1S/C19H22F3N5O2/c1-18(2,3)24-16(28)14-13-10-26(17(23)29)7-8-27(13)25-15(14)11-5-4-6-12(9-11)19(20,21)22/h4-6,9H,7-8,10H2,1-3H3,(H2,23,29)(H,24,28). The minimum absolute atomic E-state index is 0.0498. The highest BCUT2D eigenvalue weighted by molar-refractivity contribution is 6.01. The first-order valence-electron chi connectivity index (χ1n) is 9.01. The number of primary amides is 1. The average Bonchev–Trinajstić information content (AvgIpc) is 2.98. The summed E-state index contributed by atoms with van der Waals surface area (Å²) in [7, 11) is 0. The second-order valence-electron chi connectivity index (χ2n) is 7.94. The second kappa shape index (κ2) is 7.09. The van der Waals surface area contributed by atoms with Crippen LogP contribution >= 0.6 is 0 Å². The molecule has 3 amide bonds. The van der Waals surface area contributed by atoms with Gasteiger partial charge in [0.15, 0.2) is 0 Å². The van der Waals surface area contributed by atoms with Crippen LogP contribution < -0.4 is 11.1 Å². The smallest absolute Gasteiger partial charge is 0.351 e. The monoisotopic (exact) mass is 409 g/mol. The van der Waals surface area contributed by atoms with Crippen molar-refractivity contribution in [3.05, 3.63) is 41.1 Å². The topological polar surface area (TPSA) is 93.2 Å². The van der Waals surface area contributed by atoms with Crippen molar-refractivity contribution in [2.45, 2.75) is 45.6 Å². The number of carbonyl (C=O) groups is 2. The fourth-order valence-electron chi connectivity index (χ4n) is 3.19. The minimum Gasteiger partial charge on any atom is -0.351 e. The molecule has 0 saturated carbocycles. The van der Waals surface area contributed by atoms with E-state index >= 15 is 0 Å². The number of amides is 3. The molecule has 0 unspecified atom stereocenters. The van der Waals surface area contributed by atoms with E-state index in [1.807, 2.05) is 0 Å². The molecular weight excluding hydrogens is 387 g/mol. The summed E-state index contributed by atoms with van der Waals surface area (Å²) in [6.07, 6.45) is -4.52. The van der Waals surface area contributed by atoms with Crippen molar-refractivity contribution in [2.24, 2.45) is 5.73 Å². The Labute approximate surface area is 165 Å². The lowest BCUT2D eigenvalue weighted by Gasteiger charge is -2.27. The van der Waals surface area contributed by atoms with Gasteiger partial charge in [0.2, 0.25) is 0 Å². The number of nitrogens with zero attached hydrogens (tertiary/aromatic N) is 3. The summed E-state index contributed by atoms with van der Waals surface area (Å²) in [4.78, 5) is 26.0. The third-order valence-electron chi connectivity index (χ3n) is 4.47. The molecule has 2 aromatic rings. The predicted octanol–water partition coefficient (Wildman–Crippen LogP) is 2.99. The Morgan fingerprint density at radius 3 is 2.45 bits per heavy atom. The van der Waals surface area contributed by atoms with Gasteiger partial charge < -0.3 is 16.0 Å². The minimum atomic E-state index is -4.52. The van der Waals surface area contributed by atoms with Gasteiger partial charge in [-0.3, -0.25) is 9.48 Å². The van der Waals surface area contributed by atoms with Gasteiger partial charge in [0.25, 0.3) is 5.91 Å². The predicted molar refractivity (Wildman–Crippen MR) is 99.9 cm³/mol. The highest BCUT2D eigenvalue weighted by atomic mass is 19.4. The lowest BCUT2D eigenvalue weighted by molar-refractivity contribution is -0.137. The number of carbonyl (C=O) groups excluding carboxylic acids is 2. The Morgan fingerprint density at radius 2 is 1.86 bits per heavy atom. The van der Waals surface area contributed by atoms with Crippen LogP contribution in [0.1, 0.15) is 42.4 Å². The molecule has 1 aromatic heterocycles. The Balaban J connectivity index is 2.15. The van der Waals surface area contributed by atoms with Crippen molar-refractivity contribution < 1.29 is 22.8 Å². The van der Waals surface area contributed by atoms with Gasteiger partial charge in [-0.2, -0.15) is 18.3 Å². The number of nitrogens with one attached hydrogen (secondary N) is 1. The summed E-state index contributed by atoms with van der Waals surface area (Å²) in [6.45, 7) is 6.01. The van der Waals surface area contributed by atoms with Gasteiger partial charge in [-0.15, -0.1) is 0 Å². The van der Waals surface area contributed by atoms with Gasteiger partial charge in [-0.05, 0) is 32.9 Å². The molecule has 29 heavy (non-hydrogen) atoms. The van der Waals surface area contributed by atoms with Crippen LogP contribution in [0.3, 0.4) is 0 Å². The van der Waals surface area contributed by atoms with Crippen LogP contribution in [0.5, 0.6) is 0 Å². The molecule has 0 spiro atoms. The molecule has 1 aromatic carbocycles. The summed E-state index contributed by atoms with van der Waals surface area (Å²) in [6, 6.07) is 4.04.